The van der Waals surface area contributed by atoms with Gasteiger partial charge < -0.3 is 4.12 Å². The minimum atomic E-state index is -1.47. The predicted molar refractivity (Wildman–Crippen MR) is 298 cm³/mol. The van der Waals surface area contributed by atoms with E-state index in [-0.39, 0.29) is 22.3 Å². The zero-order chi connectivity index (χ0) is 45.8. The van der Waals surface area contributed by atoms with Crippen LogP contribution >= 0.6 is 0 Å². The molecule has 2 atom stereocenters. The molecule has 2 unspecified atom stereocenters. The van der Waals surface area contributed by atoms with Crippen molar-refractivity contribution in [3.63, 3.8) is 0 Å². The van der Waals surface area contributed by atoms with E-state index in [9.17, 15) is 0 Å². The molecule has 3 heteroatoms. The van der Waals surface area contributed by atoms with Gasteiger partial charge in [0, 0.05) is 0 Å². The standard InChI is InChI=1S/C16H38OSi2.C11H24.C10H22.C9H20.C8H18.3CH4/c1-9-15(10-2)13-18(5,6)17-19(7,8)14-16(11-3)12-4;1-5-7-10(3)9-11(4)8-6-2;1-5-9-10(6-2,7-3)8-4;1-5-9(6-2,7-3)8-4;1-5-8(4,6-2)7-3;;;/h15-16H,9-14H2,1-8H3;10-11H,5-9H2,1-4H3;5-9H2,1-4H3;5-8H2,1-4H3;5-7H2,1-4H3;3*1H4. The smallest absolute Gasteiger partial charge is 0.173 e. The highest BCUT2D eigenvalue weighted by Gasteiger charge is 2.35. The Morgan fingerprint density at radius 2 is 0.667 bits per heavy atom. The molecular weight excluding hydrogens is 757 g/mol. The summed E-state index contributed by atoms with van der Waals surface area (Å²) in [6.07, 6.45) is 28.3. The molecular formula is C57H134OSi2. The first-order valence-electron chi connectivity index (χ1n) is 26.3. The molecule has 0 fully saturated rings. The van der Waals surface area contributed by atoms with Crippen molar-refractivity contribution >= 4 is 16.6 Å². The van der Waals surface area contributed by atoms with Crippen LogP contribution in [0.2, 0.25) is 38.3 Å². The zero-order valence-corrected chi connectivity index (χ0v) is 47.5. The van der Waals surface area contributed by atoms with E-state index in [1.807, 2.05) is 0 Å². The minimum absolute atomic E-state index is 0. The molecule has 0 aliphatic heterocycles. The fourth-order valence-corrected chi connectivity index (χ4v) is 19.9. The molecule has 1 nitrogen and oxygen atoms in total. The van der Waals surface area contributed by atoms with Gasteiger partial charge in [0.25, 0.3) is 0 Å². The molecule has 0 heterocycles. The third-order valence-corrected chi connectivity index (χ3v) is 22.9. The van der Waals surface area contributed by atoms with Crippen LogP contribution in [0.25, 0.3) is 0 Å². The molecule has 0 spiro atoms. The molecule has 60 heavy (non-hydrogen) atoms. The van der Waals surface area contributed by atoms with Crippen LogP contribution in [0.1, 0.15) is 296 Å². The molecule has 0 saturated carbocycles. The number of hydrogen-bond donors (Lipinski definition) is 0. The van der Waals surface area contributed by atoms with E-state index < -0.39 is 16.6 Å². The van der Waals surface area contributed by atoms with Crippen molar-refractivity contribution < 1.29 is 4.12 Å². The maximum absolute atomic E-state index is 6.77. The summed E-state index contributed by atoms with van der Waals surface area (Å²) in [5, 5.41) is 0. The van der Waals surface area contributed by atoms with Crippen LogP contribution in [0.15, 0.2) is 0 Å². The van der Waals surface area contributed by atoms with Gasteiger partial charge in [-0.25, -0.2) is 0 Å². The maximum atomic E-state index is 6.77. The van der Waals surface area contributed by atoms with Crippen molar-refractivity contribution in [1.82, 2.24) is 0 Å². The molecule has 0 aromatic carbocycles. The van der Waals surface area contributed by atoms with Crippen molar-refractivity contribution in [1.29, 1.82) is 0 Å². The molecule has 0 aromatic rings. The van der Waals surface area contributed by atoms with Gasteiger partial charge in [-0.05, 0) is 91.0 Å². The van der Waals surface area contributed by atoms with Crippen LogP contribution in [-0.4, -0.2) is 16.6 Å². The second-order valence-electron chi connectivity index (χ2n) is 20.5. The molecule has 0 N–H and O–H groups in total. The van der Waals surface area contributed by atoms with Crippen LogP contribution in [-0.2, 0) is 4.12 Å². The van der Waals surface area contributed by atoms with Crippen LogP contribution in [0.3, 0.4) is 0 Å². The number of rotatable bonds is 28. The molecule has 0 amide bonds. The highest BCUT2D eigenvalue weighted by molar-refractivity contribution is 6.84. The Hall–Kier alpha value is 0.394. The van der Waals surface area contributed by atoms with Gasteiger partial charge in [0.05, 0.1) is 0 Å². The van der Waals surface area contributed by atoms with Crippen LogP contribution in [0.4, 0.5) is 0 Å². The third-order valence-electron chi connectivity index (χ3n) is 15.4. The van der Waals surface area contributed by atoms with E-state index in [0.29, 0.717) is 16.2 Å². The molecule has 0 aliphatic carbocycles. The van der Waals surface area contributed by atoms with Gasteiger partial charge in [-0.3, -0.25) is 0 Å². The first-order valence-corrected chi connectivity index (χ1v) is 32.5. The Bertz CT molecular complexity index is 716. The molecule has 0 radical (unpaired) electrons. The molecule has 376 valence electrons. The van der Waals surface area contributed by atoms with E-state index >= 15 is 0 Å². The minimum Gasteiger partial charge on any atom is -0.455 e. The number of hydrogen-bond acceptors (Lipinski definition) is 1. The van der Waals surface area contributed by atoms with Crippen LogP contribution in [0, 0.1) is 39.9 Å². The van der Waals surface area contributed by atoms with E-state index in [2.05, 4.69) is 165 Å². The van der Waals surface area contributed by atoms with E-state index in [1.54, 1.807) is 0 Å². The van der Waals surface area contributed by atoms with Crippen molar-refractivity contribution in [2.75, 3.05) is 0 Å². The first kappa shape index (κ1) is 77.6. The van der Waals surface area contributed by atoms with Crippen molar-refractivity contribution in [2.24, 2.45) is 39.9 Å². The Morgan fingerprint density at radius 3 is 0.800 bits per heavy atom. The largest absolute Gasteiger partial charge is 0.455 e. The lowest BCUT2D eigenvalue weighted by Gasteiger charge is -2.37. The zero-order valence-electron chi connectivity index (χ0n) is 45.5. The van der Waals surface area contributed by atoms with Gasteiger partial charge in [0.1, 0.15) is 0 Å². The molecule has 0 rings (SSSR count). The van der Waals surface area contributed by atoms with E-state index in [4.69, 9.17) is 4.12 Å². The lowest BCUT2D eigenvalue weighted by Crippen LogP contribution is -2.46. The van der Waals surface area contributed by atoms with Gasteiger partial charge in [-0.1, -0.05) is 283 Å². The molecule has 0 aliphatic rings. The van der Waals surface area contributed by atoms with Gasteiger partial charge in [-0.15, -0.1) is 0 Å². The summed E-state index contributed by atoms with van der Waals surface area (Å²) < 4.78 is 6.77. The highest BCUT2D eigenvalue weighted by Crippen LogP contribution is 2.36. The quantitative estimate of drug-likeness (QED) is 0.0711. The van der Waals surface area contributed by atoms with E-state index in [1.165, 1.54) is 147 Å². The maximum Gasteiger partial charge on any atom is 0.173 e. The summed E-state index contributed by atoms with van der Waals surface area (Å²) in [6.45, 7) is 56.0. The average Bonchev–Trinajstić information content (AvgIpc) is 3.19. The van der Waals surface area contributed by atoms with Crippen molar-refractivity contribution in [2.45, 2.75) is 334 Å². The molecule has 0 saturated heterocycles. The van der Waals surface area contributed by atoms with Crippen molar-refractivity contribution in [3.05, 3.63) is 0 Å². The lowest BCUT2D eigenvalue weighted by atomic mass is 9.76. The van der Waals surface area contributed by atoms with Gasteiger partial charge in [0.2, 0.25) is 0 Å². The van der Waals surface area contributed by atoms with Gasteiger partial charge in [0.15, 0.2) is 16.6 Å². The third kappa shape index (κ3) is 41.1. The Kier molecular flexibility index (Phi) is 59.4. The summed E-state index contributed by atoms with van der Waals surface area (Å²) in [5.74, 6) is 3.64. The Morgan fingerprint density at radius 1 is 0.400 bits per heavy atom. The van der Waals surface area contributed by atoms with Crippen molar-refractivity contribution in [3.8, 4) is 0 Å². The SMILES string of the molecule is C.C.C.CCC(C)(CC)CC.CCC(CC)(CC)CC.CCC(CC)C[Si](C)(C)O[Si](C)(C)CC(CC)CC.CCCC(C)CC(C)CCC.CCCC(CC)(CC)CC. The fraction of sp³-hybridized carbons (Fsp3) is 1.00. The summed E-state index contributed by atoms with van der Waals surface area (Å²) >= 11 is 0. The van der Waals surface area contributed by atoms with Gasteiger partial charge in [-0.2, -0.15) is 0 Å². The molecule has 0 aromatic heterocycles. The van der Waals surface area contributed by atoms with Crippen LogP contribution < -0.4 is 0 Å². The summed E-state index contributed by atoms with van der Waals surface area (Å²) in [4.78, 5) is 0. The Balaban J connectivity index is -0.0000000966. The topological polar surface area (TPSA) is 9.23 Å². The second-order valence-corrected chi connectivity index (χ2v) is 29.2. The lowest BCUT2D eigenvalue weighted by molar-refractivity contribution is 0.226. The predicted octanol–water partition coefficient (Wildman–Crippen LogP) is 23.3. The molecule has 0 bridgehead atoms. The summed E-state index contributed by atoms with van der Waals surface area (Å²) in [7, 11) is -2.95. The Labute approximate surface area is 392 Å². The summed E-state index contributed by atoms with van der Waals surface area (Å²) in [5.41, 5.74) is 1.97. The van der Waals surface area contributed by atoms with Crippen LogP contribution in [0.5, 0.6) is 0 Å². The fourth-order valence-electron chi connectivity index (χ4n) is 9.35. The monoisotopic (exact) mass is 891 g/mol. The average molecular weight is 892 g/mol. The first-order chi connectivity index (χ1) is 26.6. The van der Waals surface area contributed by atoms with E-state index in [0.717, 1.165) is 23.7 Å². The highest BCUT2D eigenvalue weighted by atomic mass is 28.4. The van der Waals surface area contributed by atoms with Gasteiger partial charge >= 0.3 is 0 Å². The normalized spacial score (nSPS) is 12.7. The summed E-state index contributed by atoms with van der Waals surface area (Å²) in [6, 6.07) is 2.69. The second kappa shape index (κ2) is 45.9.